The van der Waals surface area contributed by atoms with Gasteiger partial charge >= 0.3 is 0 Å². The molecule has 1 aromatic rings. The molecule has 0 fully saturated rings. The minimum Gasteiger partial charge on any atom is -0.344 e. The molecule has 1 heterocycles. The van der Waals surface area contributed by atoms with Crippen molar-refractivity contribution in [2.24, 2.45) is 0 Å². The van der Waals surface area contributed by atoms with E-state index in [4.69, 9.17) is 0 Å². The van der Waals surface area contributed by atoms with Crippen molar-refractivity contribution >= 4 is 21.8 Å². The van der Waals surface area contributed by atoms with Crippen molar-refractivity contribution in [3.63, 3.8) is 0 Å². The number of pyridine rings is 1. The van der Waals surface area contributed by atoms with Crippen molar-refractivity contribution in [3.05, 3.63) is 28.5 Å². The first-order chi connectivity index (χ1) is 7.02. The minimum atomic E-state index is -2.58. The van der Waals surface area contributed by atoms with Crippen LogP contribution < -0.4 is 5.32 Å². The van der Waals surface area contributed by atoms with E-state index in [0.717, 1.165) is 0 Å². The number of hydrogen-bond acceptors (Lipinski definition) is 2. The molecule has 6 heteroatoms. The Hall–Kier alpha value is -1.04. The number of carbonyl (C=O) groups is 1. The summed E-state index contributed by atoms with van der Waals surface area (Å²) in [6, 6.07) is 1.89. The average Bonchev–Trinajstić information content (AvgIpc) is 2.18. The highest BCUT2D eigenvalue weighted by Gasteiger charge is 2.19. The lowest BCUT2D eigenvalue weighted by Gasteiger charge is -2.12. The number of alkyl halides is 2. The average molecular weight is 279 g/mol. The zero-order chi connectivity index (χ0) is 11.4. The van der Waals surface area contributed by atoms with Crippen molar-refractivity contribution in [3.8, 4) is 0 Å². The third-order valence-corrected chi connectivity index (χ3v) is 2.37. The summed E-state index contributed by atoms with van der Waals surface area (Å²) < 4.78 is 24.7. The third kappa shape index (κ3) is 3.23. The summed E-state index contributed by atoms with van der Waals surface area (Å²) in [5.74, 6) is -0.567. The second kappa shape index (κ2) is 5.16. The molecule has 0 aliphatic carbocycles. The van der Waals surface area contributed by atoms with E-state index in [1.807, 2.05) is 0 Å². The molecule has 0 saturated carbocycles. The summed E-state index contributed by atoms with van der Waals surface area (Å²) in [7, 11) is 0. The van der Waals surface area contributed by atoms with Crippen molar-refractivity contribution in [2.75, 3.05) is 0 Å². The van der Waals surface area contributed by atoms with Gasteiger partial charge in [0.1, 0.15) is 4.60 Å². The summed E-state index contributed by atoms with van der Waals surface area (Å²) in [4.78, 5) is 15.3. The minimum absolute atomic E-state index is 0.241. The summed E-state index contributed by atoms with van der Waals surface area (Å²) in [6.07, 6.45) is -1.08. The summed E-state index contributed by atoms with van der Waals surface area (Å²) in [5.41, 5.74) is 0.241. The molecular formula is C9H9BrF2N2O. The summed E-state index contributed by atoms with van der Waals surface area (Å²) in [5, 5.41) is 2.18. The van der Waals surface area contributed by atoms with Crippen LogP contribution in [0.2, 0.25) is 0 Å². The lowest BCUT2D eigenvalue weighted by molar-refractivity contribution is 0.0779. The van der Waals surface area contributed by atoms with E-state index >= 15 is 0 Å². The molecule has 1 rings (SSSR count). The quantitative estimate of drug-likeness (QED) is 0.862. The Labute approximate surface area is 94.0 Å². The van der Waals surface area contributed by atoms with Gasteiger partial charge in [-0.25, -0.2) is 13.8 Å². The highest BCUT2D eigenvalue weighted by molar-refractivity contribution is 9.10. The van der Waals surface area contributed by atoms with Gasteiger partial charge in [0.25, 0.3) is 12.3 Å². The molecule has 0 radical (unpaired) electrons. The molecule has 15 heavy (non-hydrogen) atoms. The van der Waals surface area contributed by atoms with Gasteiger partial charge in [-0.15, -0.1) is 0 Å². The van der Waals surface area contributed by atoms with Gasteiger partial charge in [0.15, 0.2) is 0 Å². The number of hydrogen-bond donors (Lipinski definition) is 1. The van der Waals surface area contributed by atoms with Crippen LogP contribution in [0.25, 0.3) is 0 Å². The van der Waals surface area contributed by atoms with Crippen molar-refractivity contribution in [1.82, 2.24) is 10.3 Å². The topological polar surface area (TPSA) is 42.0 Å². The molecule has 1 atom stereocenters. The number of amides is 1. The predicted molar refractivity (Wildman–Crippen MR) is 54.9 cm³/mol. The Kier molecular flexibility index (Phi) is 4.14. The molecular weight excluding hydrogens is 270 g/mol. The highest BCUT2D eigenvalue weighted by atomic mass is 79.9. The van der Waals surface area contributed by atoms with E-state index in [-0.39, 0.29) is 5.56 Å². The van der Waals surface area contributed by atoms with Gasteiger partial charge in [-0.3, -0.25) is 4.79 Å². The fourth-order valence-corrected chi connectivity index (χ4v) is 1.33. The smallest absolute Gasteiger partial charge is 0.258 e. The van der Waals surface area contributed by atoms with E-state index < -0.39 is 18.4 Å². The Morgan fingerprint density at radius 3 is 2.80 bits per heavy atom. The molecule has 0 aromatic carbocycles. The SMILES string of the molecule is CC(NC(=O)c1cccnc1Br)C(F)F. The molecule has 1 N–H and O–H groups in total. The lowest BCUT2D eigenvalue weighted by Crippen LogP contribution is -2.37. The summed E-state index contributed by atoms with van der Waals surface area (Å²) in [6.45, 7) is 1.24. The molecule has 0 aliphatic rings. The van der Waals surface area contributed by atoms with Gasteiger partial charge in [0.05, 0.1) is 11.6 Å². The zero-order valence-corrected chi connectivity index (χ0v) is 9.46. The molecule has 0 bridgehead atoms. The van der Waals surface area contributed by atoms with Crippen molar-refractivity contribution in [1.29, 1.82) is 0 Å². The van der Waals surface area contributed by atoms with Crippen LogP contribution >= 0.6 is 15.9 Å². The van der Waals surface area contributed by atoms with E-state index in [0.29, 0.717) is 4.60 Å². The summed E-state index contributed by atoms with van der Waals surface area (Å²) >= 11 is 3.06. The van der Waals surface area contributed by atoms with Crippen molar-refractivity contribution < 1.29 is 13.6 Å². The maximum absolute atomic E-state index is 12.2. The van der Waals surface area contributed by atoms with Gasteiger partial charge in [0.2, 0.25) is 0 Å². The molecule has 0 saturated heterocycles. The number of nitrogens with zero attached hydrogens (tertiary/aromatic N) is 1. The first-order valence-electron chi connectivity index (χ1n) is 4.22. The second-order valence-electron chi connectivity index (χ2n) is 2.94. The third-order valence-electron chi connectivity index (χ3n) is 1.74. The Morgan fingerprint density at radius 2 is 2.27 bits per heavy atom. The molecule has 0 aliphatic heterocycles. The van der Waals surface area contributed by atoms with E-state index in [2.05, 4.69) is 26.2 Å². The van der Waals surface area contributed by atoms with Gasteiger partial charge in [-0.2, -0.15) is 0 Å². The number of nitrogens with one attached hydrogen (secondary N) is 1. The molecule has 1 amide bonds. The van der Waals surface area contributed by atoms with E-state index in [1.165, 1.54) is 19.2 Å². The number of aromatic nitrogens is 1. The maximum atomic E-state index is 12.2. The van der Waals surface area contributed by atoms with E-state index in [9.17, 15) is 13.6 Å². The Bertz CT molecular complexity index is 360. The fourth-order valence-electron chi connectivity index (χ4n) is 0.903. The standard InChI is InChI=1S/C9H9BrF2N2O/c1-5(8(11)12)14-9(15)6-3-2-4-13-7(6)10/h2-5,8H,1H3,(H,14,15). The number of halogens is 3. The molecule has 0 spiro atoms. The van der Waals surface area contributed by atoms with Gasteiger partial charge in [-0.05, 0) is 35.0 Å². The molecule has 1 aromatic heterocycles. The van der Waals surface area contributed by atoms with Crippen LogP contribution in [0.3, 0.4) is 0 Å². The predicted octanol–water partition coefficient (Wildman–Crippen LogP) is 2.23. The maximum Gasteiger partial charge on any atom is 0.258 e. The normalized spacial score (nSPS) is 12.6. The Morgan fingerprint density at radius 1 is 1.60 bits per heavy atom. The Balaban J connectivity index is 2.74. The van der Waals surface area contributed by atoms with Crippen LogP contribution in [-0.2, 0) is 0 Å². The highest BCUT2D eigenvalue weighted by Crippen LogP contribution is 2.12. The van der Waals surface area contributed by atoms with Gasteiger partial charge in [-0.1, -0.05) is 0 Å². The molecule has 82 valence electrons. The van der Waals surface area contributed by atoms with Gasteiger partial charge in [0, 0.05) is 6.20 Å². The molecule has 3 nitrogen and oxygen atoms in total. The number of carbonyl (C=O) groups excluding carboxylic acids is 1. The van der Waals surface area contributed by atoms with Crippen LogP contribution in [-0.4, -0.2) is 23.4 Å². The van der Waals surface area contributed by atoms with Crippen LogP contribution in [0.15, 0.2) is 22.9 Å². The fraction of sp³-hybridized carbons (Fsp3) is 0.333. The lowest BCUT2D eigenvalue weighted by atomic mass is 10.2. The van der Waals surface area contributed by atoms with Crippen LogP contribution in [0.5, 0.6) is 0 Å². The van der Waals surface area contributed by atoms with Crippen LogP contribution in [0.1, 0.15) is 17.3 Å². The van der Waals surface area contributed by atoms with Crippen LogP contribution in [0.4, 0.5) is 8.78 Å². The van der Waals surface area contributed by atoms with Crippen LogP contribution in [0, 0.1) is 0 Å². The van der Waals surface area contributed by atoms with E-state index in [1.54, 1.807) is 6.07 Å². The monoisotopic (exact) mass is 278 g/mol. The van der Waals surface area contributed by atoms with Crippen molar-refractivity contribution in [2.45, 2.75) is 19.4 Å². The largest absolute Gasteiger partial charge is 0.344 e. The molecule has 1 unspecified atom stereocenters. The zero-order valence-electron chi connectivity index (χ0n) is 7.88. The number of rotatable bonds is 3. The second-order valence-corrected chi connectivity index (χ2v) is 3.69. The first-order valence-corrected chi connectivity index (χ1v) is 5.01. The van der Waals surface area contributed by atoms with Gasteiger partial charge < -0.3 is 5.32 Å². The first kappa shape index (κ1) is 12.0.